The fourth-order valence-electron chi connectivity index (χ4n) is 4.35. The van der Waals surface area contributed by atoms with Crippen molar-refractivity contribution in [1.29, 1.82) is 0 Å². The standard InChI is InChI=1S/C19H25N3O2/c1-19-7-4-8-22(19)18(23)14-10-17(24-3)13(9-16(14)21-11-19)12-5-6-15(12)20-2/h9-12,15,20H,4-8H2,1-3H3/t12?,15?,19-/m0/s1. The van der Waals surface area contributed by atoms with Gasteiger partial charge in [0.15, 0.2) is 0 Å². The third-order valence-corrected chi connectivity index (χ3v) is 6.03. The van der Waals surface area contributed by atoms with Gasteiger partial charge in [-0.1, -0.05) is 0 Å². The van der Waals surface area contributed by atoms with E-state index in [1.54, 1.807) is 7.11 Å². The molecule has 1 amide bonds. The maximum atomic E-state index is 13.1. The van der Waals surface area contributed by atoms with E-state index in [2.05, 4.69) is 18.3 Å². The SMILES string of the molecule is CNC1CCC1c1cc2c(cc1OC)C(=O)N1CCC[C@@]1(C)C=N2. The van der Waals surface area contributed by atoms with E-state index in [4.69, 9.17) is 9.73 Å². The van der Waals surface area contributed by atoms with E-state index in [-0.39, 0.29) is 11.4 Å². The Morgan fingerprint density at radius 2 is 2.21 bits per heavy atom. The van der Waals surface area contributed by atoms with Gasteiger partial charge in [0.1, 0.15) is 5.75 Å². The van der Waals surface area contributed by atoms with Crippen molar-refractivity contribution >= 4 is 17.8 Å². The van der Waals surface area contributed by atoms with Gasteiger partial charge in [-0.15, -0.1) is 0 Å². The third kappa shape index (κ3) is 2.18. The Morgan fingerprint density at radius 3 is 2.88 bits per heavy atom. The molecule has 1 aromatic rings. The summed E-state index contributed by atoms with van der Waals surface area (Å²) in [7, 11) is 3.69. The number of likely N-dealkylation sites (N-methyl/N-ethyl adjacent to an activating group) is 1. The normalized spacial score (nSPS) is 31.3. The largest absolute Gasteiger partial charge is 0.496 e. The minimum absolute atomic E-state index is 0.0751. The first-order valence-corrected chi connectivity index (χ1v) is 8.84. The quantitative estimate of drug-likeness (QED) is 0.929. The van der Waals surface area contributed by atoms with Gasteiger partial charge in [0.2, 0.25) is 0 Å². The topological polar surface area (TPSA) is 53.9 Å². The van der Waals surface area contributed by atoms with Crippen LogP contribution in [0.25, 0.3) is 0 Å². The van der Waals surface area contributed by atoms with Crippen molar-refractivity contribution in [2.24, 2.45) is 4.99 Å². The molecule has 2 unspecified atom stereocenters. The maximum Gasteiger partial charge on any atom is 0.256 e. The first-order chi connectivity index (χ1) is 11.6. The van der Waals surface area contributed by atoms with E-state index in [0.717, 1.165) is 37.2 Å². The molecule has 0 bridgehead atoms. The number of rotatable bonds is 3. The number of fused-ring (bicyclic) bond motifs is 2. The number of hydrogen-bond acceptors (Lipinski definition) is 4. The highest BCUT2D eigenvalue weighted by Gasteiger charge is 2.42. The molecule has 1 saturated heterocycles. The number of hydrogen-bond donors (Lipinski definition) is 1. The molecule has 2 aliphatic heterocycles. The van der Waals surface area contributed by atoms with E-state index in [1.165, 1.54) is 12.0 Å². The average molecular weight is 327 g/mol. The van der Waals surface area contributed by atoms with Gasteiger partial charge in [-0.2, -0.15) is 0 Å². The molecule has 1 aromatic carbocycles. The lowest BCUT2D eigenvalue weighted by Crippen LogP contribution is -2.45. The van der Waals surface area contributed by atoms with Gasteiger partial charge in [0.05, 0.1) is 23.9 Å². The number of nitrogens with one attached hydrogen (secondary N) is 1. The van der Waals surface area contributed by atoms with Crippen LogP contribution in [0.3, 0.4) is 0 Å². The molecule has 3 atom stereocenters. The average Bonchev–Trinajstić information content (AvgIpc) is 2.90. The molecule has 0 spiro atoms. The van der Waals surface area contributed by atoms with Crippen molar-refractivity contribution in [2.75, 3.05) is 20.7 Å². The molecule has 1 saturated carbocycles. The lowest BCUT2D eigenvalue weighted by atomic mass is 9.74. The Balaban J connectivity index is 1.80. The van der Waals surface area contributed by atoms with E-state index in [1.807, 2.05) is 24.2 Å². The Kier molecular flexibility index (Phi) is 3.64. The Morgan fingerprint density at radius 1 is 1.38 bits per heavy atom. The van der Waals surface area contributed by atoms with E-state index in [9.17, 15) is 4.79 Å². The zero-order valence-electron chi connectivity index (χ0n) is 14.6. The summed E-state index contributed by atoms with van der Waals surface area (Å²) in [5, 5.41) is 3.37. The van der Waals surface area contributed by atoms with Crippen molar-refractivity contribution in [1.82, 2.24) is 10.2 Å². The van der Waals surface area contributed by atoms with Crippen LogP contribution in [-0.4, -0.2) is 49.3 Å². The van der Waals surface area contributed by atoms with Crippen molar-refractivity contribution in [2.45, 2.75) is 50.1 Å². The van der Waals surface area contributed by atoms with Gasteiger partial charge in [0.25, 0.3) is 5.91 Å². The van der Waals surface area contributed by atoms with Gasteiger partial charge >= 0.3 is 0 Å². The smallest absolute Gasteiger partial charge is 0.256 e. The second kappa shape index (κ2) is 5.59. The summed E-state index contributed by atoms with van der Waals surface area (Å²) in [5.41, 5.74) is 2.36. The van der Waals surface area contributed by atoms with Crippen LogP contribution >= 0.6 is 0 Å². The second-order valence-electron chi connectivity index (χ2n) is 7.37. The second-order valence-corrected chi connectivity index (χ2v) is 7.37. The summed E-state index contributed by atoms with van der Waals surface area (Å²) >= 11 is 0. The lowest BCUT2D eigenvalue weighted by Gasteiger charge is -2.37. The Labute approximate surface area is 143 Å². The fraction of sp³-hybridized carbons (Fsp3) is 0.579. The van der Waals surface area contributed by atoms with Gasteiger partial charge in [-0.25, -0.2) is 0 Å². The van der Waals surface area contributed by atoms with Crippen LogP contribution in [0, 0.1) is 0 Å². The number of benzene rings is 1. The number of carbonyl (C=O) groups is 1. The van der Waals surface area contributed by atoms with Gasteiger partial charge in [-0.3, -0.25) is 9.79 Å². The Hall–Kier alpha value is -1.88. The van der Waals surface area contributed by atoms with Gasteiger partial charge in [0, 0.05) is 30.3 Å². The molecule has 24 heavy (non-hydrogen) atoms. The maximum absolute atomic E-state index is 13.1. The number of carbonyl (C=O) groups excluding carboxylic acids is 1. The molecular formula is C19H25N3O2. The number of nitrogens with zero attached hydrogens (tertiary/aromatic N) is 2. The highest BCUT2D eigenvalue weighted by Crippen LogP contribution is 2.45. The molecule has 0 aromatic heterocycles. The molecule has 5 heteroatoms. The molecule has 0 radical (unpaired) electrons. The summed E-state index contributed by atoms with van der Waals surface area (Å²) in [5.74, 6) is 1.32. The van der Waals surface area contributed by atoms with Crippen LogP contribution in [0.15, 0.2) is 17.1 Å². The summed E-state index contributed by atoms with van der Waals surface area (Å²) < 4.78 is 5.64. The Bertz CT molecular complexity index is 713. The third-order valence-electron chi connectivity index (χ3n) is 6.03. The van der Waals surface area contributed by atoms with Crippen LogP contribution < -0.4 is 10.1 Å². The summed E-state index contributed by atoms with van der Waals surface area (Å²) in [6.45, 7) is 2.91. The zero-order chi connectivity index (χ0) is 16.9. The van der Waals surface area contributed by atoms with Crippen LogP contribution in [-0.2, 0) is 0 Å². The monoisotopic (exact) mass is 327 g/mol. The van der Waals surface area contributed by atoms with Crippen molar-refractivity contribution in [3.8, 4) is 5.75 Å². The summed E-state index contributed by atoms with van der Waals surface area (Å²) in [6.07, 6.45) is 6.29. The van der Waals surface area contributed by atoms with Crippen molar-refractivity contribution < 1.29 is 9.53 Å². The highest BCUT2D eigenvalue weighted by molar-refractivity contribution is 6.04. The molecule has 1 N–H and O–H groups in total. The molecule has 3 aliphatic rings. The molecule has 4 rings (SSSR count). The minimum atomic E-state index is -0.256. The van der Waals surface area contributed by atoms with Crippen LogP contribution in [0.2, 0.25) is 0 Å². The molecule has 1 aliphatic carbocycles. The predicted octanol–water partition coefficient (Wildman–Crippen LogP) is 2.87. The van der Waals surface area contributed by atoms with E-state index < -0.39 is 0 Å². The number of methoxy groups -OCH3 is 1. The summed E-state index contributed by atoms with van der Waals surface area (Å²) in [4.78, 5) is 19.7. The number of aliphatic imine (C=N–C) groups is 1. The van der Waals surface area contributed by atoms with Crippen LogP contribution in [0.5, 0.6) is 5.75 Å². The van der Waals surface area contributed by atoms with Gasteiger partial charge in [-0.05, 0) is 51.8 Å². The molecule has 5 nitrogen and oxygen atoms in total. The van der Waals surface area contributed by atoms with Gasteiger partial charge < -0.3 is 15.0 Å². The lowest BCUT2D eigenvalue weighted by molar-refractivity contribution is 0.0712. The molecular weight excluding hydrogens is 302 g/mol. The van der Waals surface area contributed by atoms with Crippen LogP contribution in [0.4, 0.5) is 5.69 Å². The first kappa shape index (κ1) is 15.6. The highest BCUT2D eigenvalue weighted by atomic mass is 16.5. The van der Waals surface area contributed by atoms with Crippen molar-refractivity contribution in [3.63, 3.8) is 0 Å². The minimum Gasteiger partial charge on any atom is -0.496 e. The zero-order valence-corrected chi connectivity index (χ0v) is 14.6. The van der Waals surface area contributed by atoms with E-state index in [0.29, 0.717) is 17.5 Å². The molecule has 2 heterocycles. The summed E-state index contributed by atoms with van der Waals surface area (Å²) in [6, 6.07) is 4.45. The predicted molar refractivity (Wildman–Crippen MR) is 94.6 cm³/mol. The molecule has 2 fully saturated rings. The number of amides is 1. The number of ether oxygens (including phenoxy) is 1. The van der Waals surface area contributed by atoms with E-state index >= 15 is 0 Å². The first-order valence-electron chi connectivity index (χ1n) is 8.84. The fourth-order valence-corrected chi connectivity index (χ4v) is 4.35. The molecule has 128 valence electrons. The van der Waals surface area contributed by atoms with Crippen molar-refractivity contribution in [3.05, 3.63) is 23.3 Å². The van der Waals surface area contributed by atoms with Crippen LogP contribution in [0.1, 0.15) is 54.4 Å².